The molecule has 0 radical (unpaired) electrons. The van der Waals surface area contributed by atoms with Crippen molar-refractivity contribution < 1.29 is 0 Å². The lowest BCUT2D eigenvalue weighted by atomic mass is 10.1. The Balaban J connectivity index is 2.09. The van der Waals surface area contributed by atoms with Crippen LogP contribution in [0.3, 0.4) is 0 Å². The summed E-state index contributed by atoms with van der Waals surface area (Å²) in [6.45, 7) is 3.06. The van der Waals surface area contributed by atoms with Gasteiger partial charge in [0.2, 0.25) is 0 Å². The first kappa shape index (κ1) is 13.5. The molecule has 0 saturated carbocycles. The smallest absolute Gasteiger partial charge is 0.180 e. The summed E-state index contributed by atoms with van der Waals surface area (Å²) in [4.78, 5) is 7.55. The molecule has 3 nitrogen and oxygen atoms in total. The van der Waals surface area contributed by atoms with Gasteiger partial charge in [-0.2, -0.15) is 0 Å². The fraction of sp³-hybridized carbons (Fsp3) is 0.308. The van der Waals surface area contributed by atoms with E-state index in [9.17, 15) is 0 Å². The minimum Gasteiger partial charge on any atom is -0.375 e. The third-order valence-electron chi connectivity index (χ3n) is 2.99. The molecule has 0 bridgehead atoms. The van der Waals surface area contributed by atoms with E-state index >= 15 is 0 Å². The van der Waals surface area contributed by atoms with Crippen molar-refractivity contribution in [1.29, 1.82) is 0 Å². The second-order valence-electron chi connectivity index (χ2n) is 4.28. The minimum atomic E-state index is 0.337. The highest BCUT2D eigenvalue weighted by Gasteiger charge is 2.15. The molecule has 2 N–H and O–H groups in total. The van der Waals surface area contributed by atoms with Crippen LogP contribution in [-0.4, -0.2) is 16.9 Å². The van der Waals surface area contributed by atoms with Gasteiger partial charge in [-0.05, 0) is 25.6 Å². The number of rotatable bonds is 4. The lowest BCUT2D eigenvalue weighted by Gasteiger charge is -2.25. The number of nitrogen functional groups attached to an aromatic ring is 1. The van der Waals surface area contributed by atoms with Crippen LogP contribution in [0.2, 0.25) is 0 Å². The molecule has 2 aromatic rings. The van der Waals surface area contributed by atoms with Gasteiger partial charge in [-0.3, -0.25) is 4.90 Å². The third-order valence-corrected chi connectivity index (χ3v) is 4.53. The van der Waals surface area contributed by atoms with Crippen LogP contribution in [0.1, 0.15) is 23.4 Å². The summed E-state index contributed by atoms with van der Waals surface area (Å²) in [6.07, 6.45) is 1.85. The number of thiazole rings is 1. The zero-order valence-electron chi connectivity index (χ0n) is 10.4. The standard InChI is InChI=1S/C13H16BrN3S/c1-9(11-5-3-4-6-12(11)14)17(2)8-10-7-16-13(15)18-10/h3-7,9H,8H2,1-2H3,(H2,15,16). The number of hydrogen-bond acceptors (Lipinski definition) is 4. The predicted molar refractivity (Wildman–Crippen MR) is 80.6 cm³/mol. The fourth-order valence-corrected chi connectivity index (χ4v) is 3.19. The fourth-order valence-electron chi connectivity index (χ4n) is 1.83. The molecular formula is C13H16BrN3S. The van der Waals surface area contributed by atoms with Crippen molar-refractivity contribution in [2.24, 2.45) is 0 Å². The summed E-state index contributed by atoms with van der Waals surface area (Å²) >= 11 is 5.14. The Bertz CT molecular complexity index is 526. The molecule has 18 heavy (non-hydrogen) atoms. The molecule has 1 aromatic heterocycles. The molecule has 0 aliphatic carbocycles. The van der Waals surface area contributed by atoms with Crippen LogP contribution in [0.4, 0.5) is 5.13 Å². The molecule has 1 atom stereocenters. The molecule has 0 saturated heterocycles. The monoisotopic (exact) mass is 325 g/mol. The highest BCUT2D eigenvalue weighted by molar-refractivity contribution is 9.10. The second kappa shape index (κ2) is 5.82. The summed E-state index contributed by atoms with van der Waals surface area (Å²) < 4.78 is 1.15. The maximum absolute atomic E-state index is 5.65. The molecule has 2 rings (SSSR count). The van der Waals surface area contributed by atoms with E-state index < -0.39 is 0 Å². The molecular weight excluding hydrogens is 310 g/mol. The van der Waals surface area contributed by atoms with Gasteiger partial charge in [-0.25, -0.2) is 4.98 Å². The van der Waals surface area contributed by atoms with Crippen molar-refractivity contribution in [2.75, 3.05) is 12.8 Å². The van der Waals surface area contributed by atoms with Crippen LogP contribution in [0.15, 0.2) is 34.9 Å². The number of halogens is 1. The van der Waals surface area contributed by atoms with Crippen molar-refractivity contribution in [2.45, 2.75) is 19.5 Å². The van der Waals surface area contributed by atoms with E-state index in [4.69, 9.17) is 5.73 Å². The van der Waals surface area contributed by atoms with E-state index in [2.05, 4.69) is 58.0 Å². The summed E-state index contributed by atoms with van der Waals surface area (Å²) in [5.41, 5.74) is 6.94. The molecule has 5 heteroatoms. The van der Waals surface area contributed by atoms with Crippen LogP contribution < -0.4 is 5.73 Å². The van der Waals surface area contributed by atoms with Gasteiger partial charge in [0, 0.05) is 28.1 Å². The van der Waals surface area contributed by atoms with Gasteiger partial charge in [0.05, 0.1) is 0 Å². The Morgan fingerprint density at radius 2 is 2.17 bits per heavy atom. The maximum Gasteiger partial charge on any atom is 0.180 e. The number of benzene rings is 1. The number of anilines is 1. The molecule has 0 aliphatic heterocycles. The Morgan fingerprint density at radius 1 is 1.44 bits per heavy atom. The van der Waals surface area contributed by atoms with Crippen molar-refractivity contribution >= 4 is 32.4 Å². The largest absolute Gasteiger partial charge is 0.375 e. The van der Waals surface area contributed by atoms with Gasteiger partial charge in [-0.15, -0.1) is 11.3 Å². The number of hydrogen-bond donors (Lipinski definition) is 1. The average Bonchev–Trinajstić information content (AvgIpc) is 2.74. The quantitative estimate of drug-likeness (QED) is 0.932. The Kier molecular flexibility index (Phi) is 4.37. The van der Waals surface area contributed by atoms with E-state index in [0.29, 0.717) is 11.2 Å². The van der Waals surface area contributed by atoms with Crippen molar-refractivity contribution in [3.8, 4) is 0 Å². The van der Waals surface area contributed by atoms with Crippen molar-refractivity contribution in [3.63, 3.8) is 0 Å². The minimum absolute atomic E-state index is 0.337. The topological polar surface area (TPSA) is 42.2 Å². The molecule has 0 amide bonds. The first-order valence-electron chi connectivity index (χ1n) is 5.72. The van der Waals surface area contributed by atoms with Gasteiger partial charge >= 0.3 is 0 Å². The lowest BCUT2D eigenvalue weighted by molar-refractivity contribution is 0.254. The predicted octanol–water partition coefficient (Wildman–Crippen LogP) is 3.68. The van der Waals surface area contributed by atoms with E-state index in [1.807, 2.05) is 12.3 Å². The first-order chi connectivity index (χ1) is 8.58. The SMILES string of the molecule is CC(c1ccccc1Br)N(C)Cc1cnc(N)s1. The van der Waals surface area contributed by atoms with Crippen molar-refractivity contribution in [3.05, 3.63) is 45.4 Å². The second-order valence-corrected chi connectivity index (χ2v) is 6.28. The maximum atomic E-state index is 5.65. The molecule has 0 aliphatic rings. The van der Waals surface area contributed by atoms with Gasteiger partial charge in [0.25, 0.3) is 0 Å². The van der Waals surface area contributed by atoms with Gasteiger partial charge in [0.15, 0.2) is 5.13 Å². The van der Waals surface area contributed by atoms with Crippen LogP contribution in [0.25, 0.3) is 0 Å². The molecule has 1 aromatic carbocycles. The van der Waals surface area contributed by atoms with E-state index in [-0.39, 0.29) is 0 Å². The van der Waals surface area contributed by atoms with Crippen LogP contribution >= 0.6 is 27.3 Å². The van der Waals surface area contributed by atoms with E-state index in [1.165, 1.54) is 10.4 Å². The zero-order valence-corrected chi connectivity index (χ0v) is 12.8. The Labute approximate surface area is 120 Å². The zero-order chi connectivity index (χ0) is 13.1. The van der Waals surface area contributed by atoms with Crippen LogP contribution in [-0.2, 0) is 6.54 Å². The summed E-state index contributed by atoms with van der Waals surface area (Å²) in [5, 5.41) is 0.631. The van der Waals surface area contributed by atoms with Gasteiger partial charge in [-0.1, -0.05) is 34.1 Å². The number of nitrogens with zero attached hydrogens (tertiary/aromatic N) is 2. The molecule has 1 heterocycles. The number of nitrogens with two attached hydrogens (primary N) is 1. The van der Waals surface area contributed by atoms with Crippen molar-refractivity contribution in [1.82, 2.24) is 9.88 Å². The Hall–Kier alpha value is -0.910. The van der Waals surface area contributed by atoms with E-state index in [0.717, 1.165) is 11.0 Å². The summed E-state index contributed by atoms with van der Waals surface area (Å²) in [6, 6.07) is 8.65. The molecule has 1 unspecified atom stereocenters. The highest BCUT2D eigenvalue weighted by atomic mass is 79.9. The first-order valence-corrected chi connectivity index (χ1v) is 7.33. The number of aromatic nitrogens is 1. The van der Waals surface area contributed by atoms with Crippen LogP contribution in [0, 0.1) is 0 Å². The Morgan fingerprint density at radius 3 is 2.78 bits per heavy atom. The van der Waals surface area contributed by atoms with Gasteiger partial charge in [0.1, 0.15) is 0 Å². The van der Waals surface area contributed by atoms with E-state index in [1.54, 1.807) is 11.3 Å². The van der Waals surface area contributed by atoms with Crippen LogP contribution in [0.5, 0.6) is 0 Å². The molecule has 96 valence electrons. The molecule has 0 spiro atoms. The summed E-state index contributed by atoms with van der Waals surface area (Å²) in [5.74, 6) is 0. The van der Waals surface area contributed by atoms with Gasteiger partial charge < -0.3 is 5.73 Å². The molecule has 0 fully saturated rings. The normalized spacial score (nSPS) is 12.9. The third kappa shape index (κ3) is 3.10. The summed E-state index contributed by atoms with van der Waals surface area (Å²) in [7, 11) is 2.11. The highest BCUT2D eigenvalue weighted by Crippen LogP contribution is 2.28. The average molecular weight is 326 g/mol. The lowest BCUT2D eigenvalue weighted by Crippen LogP contribution is -2.21.